The summed E-state index contributed by atoms with van der Waals surface area (Å²) in [6.07, 6.45) is 0.559. The normalized spacial score (nSPS) is 21.7. The fourth-order valence-corrected chi connectivity index (χ4v) is 4.08. The second-order valence-electron chi connectivity index (χ2n) is 5.71. The Bertz CT molecular complexity index is 617. The molecule has 0 aromatic heterocycles. The number of aliphatic imine (C=N–C) groups is 1. The van der Waals surface area contributed by atoms with E-state index in [2.05, 4.69) is 15.6 Å². The van der Waals surface area contributed by atoms with Gasteiger partial charge in [-0.25, -0.2) is 13.4 Å². The second kappa shape index (κ2) is 8.19. The molecular weight excluding hydrogens is 314 g/mol. The van der Waals surface area contributed by atoms with Crippen LogP contribution in [0, 0.1) is 0 Å². The van der Waals surface area contributed by atoms with Crippen molar-refractivity contribution in [2.24, 2.45) is 4.99 Å². The van der Waals surface area contributed by atoms with Gasteiger partial charge in [0.25, 0.3) is 0 Å². The molecule has 1 heterocycles. The Morgan fingerprint density at radius 2 is 2.13 bits per heavy atom. The fourth-order valence-electron chi connectivity index (χ4n) is 2.41. The van der Waals surface area contributed by atoms with Crippen LogP contribution >= 0.6 is 0 Å². The predicted octanol–water partition coefficient (Wildman–Crippen LogP) is 1.20. The highest BCUT2D eigenvalue weighted by molar-refractivity contribution is 7.91. The van der Waals surface area contributed by atoms with Crippen LogP contribution in [-0.2, 0) is 9.84 Å². The minimum Gasteiger partial charge on any atom is -0.489 e. The number of guanidine groups is 1. The van der Waals surface area contributed by atoms with Gasteiger partial charge in [-0.15, -0.1) is 0 Å². The summed E-state index contributed by atoms with van der Waals surface area (Å²) in [5, 5.41) is 6.34. The number of rotatable bonds is 6. The lowest BCUT2D eigenvalue weighted by molar-refractivity contribution is 0.230. The lowest BCUT2D eigenvalue weighted by Crippen LogP contribution is -2.44. The average molecular weight is 339 g/mol. The molecule has 2 unspecified atom stereocenters. The molecular formula is C16H25N3O3S. The minimum absolute atomic E-state index is 0.0665. The first-order chi connectivity index (χ1) is 11.0. The van der Waals surface area contributed by atoms with E-state index in [1.807, 2.05) is 44.2 Å². The zero-order valence-electron chi connectivity index (χ0n) is 13.7. The lowest BCUT2D eigenvalue weighted by atomic mass is 10.3. The number of hydrogen-bond donors (Lipinski definition) is 2. The molecule has 0 saturated carbocycles. The number of hydrogen-bond acceptors (Lipinski definition) is 4. The molecule has 1 saturated heterocycles. The largest absolute Gasteiger partial charge is 0.489 e. The van der Waals surface area contributed by atoms with Crippen LogP contribution in [0.2, 0.25) is 0 Å². The van der Waals surface area contributed by atoms with Crippen molar-refractivity contribution in [1.82, 2.24) is 10.6 Å². The molecule has 0 spiro atoms. The van der Waals surface area contributed by atoms with Gasteiger partial charge in [-0.1, -0.05) is 18.2 Å². The van der Waals surface area contributed by atoms with Crippen molar-refractivity contribution < 1.29 is 13.2 Å². The van der Waals surface area contributed by atoms with Gasteiger partial charge < -0.3 is 15.4 Å². The summed E-state index contributed by atoms with van der Waals surface area (Å²) in [4.78, 5) is 4.50. The van der Waals surface area contributed by atoms with Crippen LogP contribution in [0.3, 0.4) is 0 Å². The highest BCUT2D eigenvalue weighted by atomic mass is 32.2. The number of sulfone groups is 1. The van der Waals surface area contributed by atoms with Gasteiger partial charge in [0.15, 0.2) is 15.8 Å². The van der Waals surface area contributed by atoms with Gasteiger partial charge in [0.1, 0.15) is 11.9 Å². The van der Waals surface area contributed by atoms with Gasteiger partial charge in [0, 0.05) is 12.6 Å². The summed E-state index contributed by atoms with van der Waals surface area (Å²) < 4.78 is 28.8. The van der Waals surface area contributed by atoms with E-state index >= 15 is 0 Å². The third-order valence-corrected chi connectivity index (χ3v) is 5.27. The summed E-state index contributed by atoms with van der Waals surface area (Å²) in [5.41, 5.74) is 0. The van der Waals surface area contributed by atoms with E-state index in [1.165, 1.54) is 0 Å². The maximum atomic E-state index is 11.5. The predicted molar refractivity (Wildman–Crippen MR) is 92.7 cm³/mol. The van der Waals surface area contributed by atoms with Crippen LogP contribution in [0.15, 0.2) is 35.3 Å². The fraction of sp³-hybridized carbons (Fsp3) is 0.562. The SMILES string of the molecule is CCNC(=NCC(C)Oc1ccccc1)NC1CCS(=O)(=O)C1. The van der Waals surface area contributed by atoms with Crippen LogP contribution < -0.4 is 15.4 Å². The molecule has 2 N–H and O–H groups in total. The molecule has 1 aromatic rings. The third kappa shape index (κ3) is 6.09. The summed E-state index contributed by atoms with van der Waals surface area (Å²) in [5.74, 6) is 1.87. The molecule has 0 radical (unpaired) electrons. The quantitative estimate of drug-likeness (QED) is 0.601. The van der Waals surface area contributed by atoms with Gasteiger partial charge in [0.2, 0.25) is 0 Å². The Morgan fingerprint density at radius 3 is 2.74 bits per heavy atom. The molecule has 1 aliphatic rings. The molecule has 6 nitrogen and oxygen atoms in total. The van der Waals surface area contributed by atoms with Gasteiger partial charge in [-0.3, -0.25) is 0 Å². The van der Waals surface area contributed by atoms with E-state index in [1.54, 1.807) is 0 Å². The maximum absolute atomic E-state index is 11.5. The number of para-hydroxylation sites is 1. The molecule has 1 aromatic carbocycles. The van der Waals surface area contributed by atoms with Gasteiger partial charge in [-0.05, 0) is 32.4 Å². The second-order valence-corrected chi connectivity index (χ2v) is 7.93. The van der Waals surface area contributed by atoms with E-state index in [0.29, 0.717) is 18.9 Å². The molecule has 7 heteroatoms. The molecule has 23 heavy (non-hydrogen) atoms. The van der Waals surface area contributed by atoms with Crippen molar-refractivity contribution in [2.75, 3.05) is 24.6 Å². The average Bonchev–Trinajstić information content (AvgIpc) is 2.85. The first-order valence-corrected chi connectivity index (χ1v) is 9.77. The van der Waals surface area contributed by atoms with E-state index in [4.69, 9.17) is 4.74 Å². The highest BCUT2D eigenvalue weighted by Gasteiger charge is 2.28. The third-order valence-electron chi connectivity index (χ3n) is 3.50. The van der Waals surface area contributed by atoms with Crippen LogP contribution in [0.25, 0.3) is 0 Å². The van der Waals surface area contributed by atoms with Crippen molar-refractivity contribution in [3.63, 3.8) is 0 Å². The maximum Gasteiger partial charge on any atom is 0.191 e. The lowest BCUT2D eigenvalue weighted by Gasteiger charge is -2.17. The standard InChI is InChI=1S/C16H25N3O3S/c1-3-17-16(19-14-9-10-23(20,21)12-14)18-11-13(2)22-15-7-5-4-6-8-15/h4-8,13-14H,3,9-12H2,1-2H3,(H2,17,18,19). The van der Waals surface area contributed by atoms with Crippen molar-refractivity contribution in [1.29, 1.82) is 0 Å². The molecule has 0 aliphatic carbocycles. The Labute approximate surface area is 138 Å². The molecule has 2 rings (SSSR count). The molecule has 128 valence electrons. The van der Waals surface area contributed by atoms with E-state index in [-0.39, 0.29) is 23.7 Å². The van der Waals surface area contributed by atoms with Crippen molar-refractivity contribution >= 4 is 15.8 Å². The van der Waals surface area contributed by atoms with Crippen LogP contribution in [0.1, 0.15) is 20.3 Å². The van der Waals surface area contributed by atoms with Gasteiger partial charge in [0.05, 0.1) is 18.1 Å². The van der Waals surface area contributed by atoms with Gasteiger partial charge in [-0.2, -0.15) is 0 Å². The molecule has 1 aliphatic heterocycles. The first-order valence-electron chi connectivity index (χ1n) is 7.95. The Kier molecular flexibility index (Phi) is 6.27. The summed E-state index contributed by atoms with van der Waals surface area (Å²) >= 11 is 0. The van der Waals surface area contributed by atoms with Crippen molar-refractivity contribution in [2.45, 2.75) is 32.4 Å². The summed E-state index contributed by atoms with van der Waals surface area (Å²) in [7, 11) is -2.90. The minimum atomic E-state index is -2.90. The Balaban J connectivity index is 1.88. The molecule has 1 fully saturated rings. The molecule has 0 amide bonds. The number of benzene rings is 1. The Morgan fingerprint density at radius 1 is 1.39 bits per heavy atom. The smallest absolute Gasteiger partial charge is 0.191 e. The zero-order valence-corrected chi connectivity index (χ0v) is 14.5. The summed E-state index contributed by atoms with van der Waals surface area (Å²) in [6, 6.07) is 9.55. The topological polar surface area (TPSA) is 79.8 Å². The summed E-state index contributed by atoms with van der Waals surface area (Å²) in [6.45, 7) is 5.15. The first kappa shape index (κ1) is 17.6. The number of nitrogens with one attached hydrogen (secondary N) is 2. The zero-order chi connectivity index (χ0) is 16.7. The molecule has 2 atom stereocenters. The highest BCUT2D eigenvalue weighted by Crippen LogP contribution is 2.12. The monoisotopic (exact) mass is 339 g/mol. The van der Waals surface area contributed by atoms with E-state index in [0.717, 1.165) is 12.3 Å². The van der Waals surface area contributed by atoms with E-state index < -0.39 is 9.84 Å². The van der Waals surface area contributed by atoms with Crippen LogP contribution in [-0.4, -0.2) is 51.1 Å². The Hall–Kier alpha value is -1.76. The molecule has 0 bridgehead atoms. The van der Waals surface area contributed by atoms with E-state index in [9.17, 15) is 8.42 Å². The van der Waals surface area contributed by atoms with Crippen LogP contribution in [0.4, 0.5) is 0 Å². The number of ether oxygens (including phenoxy) is 1. The van der Waals surface area contributed by atoms with Gasteiger partial charge >= 0.3 is 0 Å². The van der Waals surface area contributed by atoms with Crippen molar-refractivity contribution in [3.05, 3.63) is 30.3 Å². The number of nitrogens with zero attached hydrogens (tertiary/aromatic N) is 1. The van der Waals surface area contributed by atoms with Crippen molar-refractivity contribution in [3.8, 4) is 5.75 Å². The van der Waals surface area contributed by atoms with Crippen LogP contribution in [0.5, 0.6) is 5.75 Å².